The van der Waals surface area contributed by atoms with Gasteiger partial charge in [0.2, 0.25) is 0 Å². The fourth-order valence-corrected chi connectivity index (χ4v) is 2.66. The number of carboxylic acid groups (broad SMARTS) is 1. The van der Waals surface area contributed by atoms with Gasteiger partial charge in [0.05, 0.1) is 7.11 Å². The summed E-state index contributed by atoms with van der Waals surface area (Å²) in [5.41, 5.74) is 0.572. The Labute approximate surface area is 161 Å². The average molecular weight is 380 g/mol. The summed E-state index contributed by atoms with van der Waals surface area (Å²) in [6, 6.07) is 7.39. The molecule has 0 aromatic heterocycles. The molecule has 0 aliphatic rings. The molecule has 1 rings (SSSR count). The van der Waals surface area contributed by atoms with Gasteiger partial charge in [0.1, 0.15) is 12.4 Å². The van der Waals surface area contributed by atoms with E-state index in [2.05, 4.69) is 10.6 Å². The van der Waals surface area contributed by atoms with E-state index in [1.54, 1.807) is 7.11 Å². The van der Waals surface area contributed by atoms with E-state index in [1.165, 1.54) is 0 Å². The number of amides is 2. The summed E-state index contributed by atoms with van der Waals surface area (Å²) in [5.74, 6) is 0.766. The summed E-state index contributed by atoms with van der Waals surface area (Å²) in [6.07, 6.45) is 4.43. The van der Waals surface area contributed by atoms with Crippen LogP contribution in [0.5, 0.6) is 5.75 Å². The van der Waals surface area contributed by atoms with Gasteiger partial charge in [-0.25, -0.2) is 9.59 Å². The van der Waals surface area contributed by atoms with Crippen molar-refractivity contribution in [3.63, 3.8) is 0 Å². The SMILES string of the molecule is COc1ccc(COC(=O)NC(C)(C)CCCCCCCNC(=O)O)cc1. The maximum atomic E-state index is 12.0. The number of nitrogens with one attached hydrogen (secondary N) is 2. The Morgan fingerprint density at radius 3 is 2.30 bits per heavy atom. The lowest BCUT2D eigenvalue weighted by atomic mass is 9.96. The number of hydrogen-bond acceptors (Lipinski definition) is 4. The monoisotopic (exact) mass is 380 g/mol. The molecule has 0 atom stereocenters. The molecule has 2 amide bonds. The summed E-state index contributed by atoms with van der Waals surface area (Å²) in [6.45, 7) is 4.69. The van der Waals surface area contributed by atoms with Gasteiger partial charge < -0.3 is 25.2 Å². The minimum atomic E-state index is -0.971. The number of ether oxygens (including phenoxy) is 2. The van der Waals surface area contributed by atoms with Crippen LogP contribution in [0.25, 0.3) is 0 Å². The first kappa shape index (κ1) is 22.6. The van der Waals surface area contributed by atoms with E-state index in [-0.39, 0.29) is 12.1 Å². The first-order chi connectivity index (χ1) is 12.8. The van der Waals surface area contributed by atoms with Crippen LogP contribution in [0.15, 0.2) is 24.3 Å². The summed E-state index contributed by atoms with van der Waals surface area (Å²) in [4.78, 5) is 22.3. The highest BCUT2D eigenvalue weighted by molar-refractivity contribution is 5.68. The predicted octanol–water partition coefficient (Wildman–Crippen LogP) is 4.31. The van der Waals surface area contributed by atoms with Crippen LogP contribution in [-0.4, -0.2) is 36.5 Å². The molecule has 0 saturated carbocycles. The minimum Gasteiger partial charge on any atom is -0.497 e. The maximum absolute atomic E-state index is 12.0. The normalized spacial score (nSPS) is 10.9. The summed E-state index contributed by atoms with van der Waals surface area (Å²) in [5, 5.41) is 13.8. The van der Waals surface area contributed by atoms with Gasteiger partial charge in [-0.05, 0) is 44.4 Å². The van der Waals surface area contributed by atoms with E-state index < -0.39 is 12.2 Å². The van der Waals surface area contributed by atoms with Crippen LogP contribution >= 0.6 is 0 Å². The molecule has 0 saturated heterocycles. The first-order valence-electron chi connectivity index (χ1n) is 9.37. The Balaban J connectivity index is 2.15. The zero-order chi connectivity index (χ0) is 20.1. The van der Waals surface area contributed by atoms with Gasteiger partial charge in [-0.3, -0.25) is 0 Å². The quantitative estimate of drug-likeness (QED) is 0.470. The number of alkyl carbamates (subject to hydrolysis) is 1. The van der Waals surface area contributed by atoms with Crippen LogP contribution in [0.1, 0.15) is 57.9 Å². The summed E-state index contributed by atoms with van der Waals surface area (Å²) in [7, 11) is 1.61. The Bertz CT molecular complexity index is 572. The fraction of sp³-hybridized carbons (Fsp3) is 0.600. The van der Waals surface area contributed by atoms with Crippen molar-refractivity contribution in [2.45, 2.75) is 64.5 Å². The highest BCUT2D eigenvalue weighted by Gasteiger charge is 2.20. The van der Waals surface area contributed by atoms with Crippen molar-refractivity contribution >= 4 is 12.2 Å². The molecule has 0 unspecified atom stereocenters. The second-order valence-corrected chi connectivity index (χ2v) is 7.18. The second kappa shape index (κ2) is 12.0. The zero-order valence-electron chi connectivity index (χ0n) is 16.5. The van der Waals surface area contributed by atoms with Crippen LogP contribution in [0.4, 0.5) is 9.59 Å². The summed E-state index contributed by atoms with van der Waals surface area (Å²) < 4.78 is 10.4. The third-order valence-corrected chi connectivity index (χ3v) is 4.22. The molecule has 0 radical (unpaired) electrons. The van der Waals surface area contributed by atoms with Crippen LogP contribution in [0.3, 0.4) is 0 Å². The lowest BCUT2D eigenvalue weighted by Crippen LogP contribution is -2.43. The maximum Gasteiger partial charge on any atom is 0.407 e. The number of benzene rings is 1. The van der Waals surface area contributed by atoms with Gasteiger partial charge in [-0.1, -0.05) is 37.8 Å². The molecular formula is C20H32N2O5. The molecule has 0 fully saturated rings. The molecular weight excluding hydrogens is 348 g/mol. The molecule has 0 aliphatic heterocycles. The van der Waals surface area contributed by atoms with Crippen LogP contribution in [-0.2, 0) is 11.3 Å². The topological polar surface area (TPSA) is 96.9 Å². The molecule has 1 aromatic carbocycles. The van der Waals surface area contributed by atoms with E-state index in [1.807, 2.05) is 38.1 Å². The number of carbonyl (C=O) groups excluding carboxylic acids is 1. The fourth-order valence-electron chi connectivity index (χ4n) is 2.66. The number of carbonyl (C=O) groups is 2. The molecule has 0 bridgehead atoms. The largest absolute Gasteiger partial charge is 0.497 e. The van der Waals surface area contributed by atoms with E-state index in [9.17, 15) is 9.59 Å². The van der Waals surface area contributed by atoms with Gasteiger partial charge in [0, 0.05) is 12.1 Å². The summed E-state index contributed by atoms with van der Waals surface area (Å²) >= 11 is 0. The van der Waals surface area contributed by atoms with Crippen molar-refractivity contribution in [2.24, 2.45) is 0 Å². The Hall–Kier alpha value is -2.44. The molecule has 3 N–H and O–H groups in total. The number of methoxy groups -OCH3 is 1. The lowest BCUT2D eigenvalue weighted by Gasteiger charge is -2.25. The van der Waals surface area contributed by atoms with Gasteiger partial charge in [-0.15, -0.1) is 0 Å². The smallest absolute Gasteiger partial charge is 0.407 e. The van der Waals surface area contributed by atoms with Gasteiger partial charge in [0.25, 0.3) is 0 Å². The molecule has 27 heavy (non-hydrogen) atoms. The molecule has 7 nitrogen and oxygen atoms in total. The van der Waals surface area contributed by atoms with Crippen molar-refractivity contribution in [2.75, 3.05) is 13.7 Å². The second-order valence-electron chi connectivity index (χ2n) is 7.18. The third-order valence-electron chi connectivity index (χ3n) is 4.22. The van der Waals surface area contributed by atoms with Crippen LogP contribution < -0.4 is 15.4 Å². The zero-order valence-corrected chi connectivity index (χ0v) is 16.5. The number of rotatable bonds is 12. The average Bonchev–Trinajstić information content (AvgIpc) is 2.62. The van der Waals surface area contributed by atoms with Crippen molar-refractivity contribution in [1.29, 1.82) is 0 Å². The predicted molar refractivity (Wildman–Crippen MR) is 104 cm³/mol. The van der Waals surface area contributed by atoms with Gasteiger partial charge in [-0.2, -0.15) is 0 Å². The van der Waals surface area contributed by atoms with Crippen molar-refractivity contribution in [1.82, 2.24) is 10.6 Å². The van der Waals surface area contributed by atoms with Crippen LogP contribution in [0, 0.1) is 0 Å². The highest BCUT2D eigenvalue weighted by Crippen LogP contribution is 2.16. The minimum absolute atomic E-state index is 0.219. The number of hydrogen-bond donors (Lipinski definition) is 3. The first-order valence-corrected chi connectivity index (χ1v) is 9.37. The molecule has 0 aliphatic carbocycles. The van der Waals surface area contributed by atoms with Gasteiger partial charge in [0.15, 0.2) is 0 Å². The Morgan fingerprint density at radius 2 is 1.67 bits per heavy atom. The third kappa shape index (κ3) is 11.0. The van der Waals surface area contributed by atoms with Crippen molar-refractivity contribution in [3.8, 4) is 5.75 Å². The molecule has 7 heteroatoms. The van der Waals surface area contributed by atoms with E-state index in [0.29, 0.717) is 6.54 Å². The lowest BCUT2D eigenvalue weighted by molar-refractivity contribution is 0.128. The van der Waals surface area contributed by atoms with E-state index in [4.69, 9.17) is 14.6 Å². The molecule has 0 spiro atoms. The van der Waals surface area contributed by atoms with Crippen LogP contribution in [0.2, 0.25) is 0 Å². The molecule has 152 valence electrons. The van der Waals surface area contributed by atoms with Crippen molar-refractivity contribution in [3.05, 3.63) is 29.8 Å². The van der Waals surface area contributed by atoms with E-state index in [0.717, 1.165) is 49.8 Å². The Kier molecular flexibility index (Phi) is 10.1. The Morgan fingerprint density at radius 1 is 1.04 bits per heavy atom. The van der Waals surface area contributed by atoms with E-state index >= 15 is 0 Å². The van der Waals surface area contributed by atoms with Gasteiger partial charge >= 0.3 is 12.2 Å². The number of unbranched alkanes of at least 4 members (excludes halogenated alkanes) is 4. The molecule has 1 aromatic rings. The highest BCUT2D eigenvalue weighted by atomic mass is 16.5. The standard InChI is InChI=1S/C20H32N2O5/c1-20(2,13-7-5-4-6-8-14-21-18(23)24)22-19(25)27-15-16-9-11-17(26-3)12-10-16/h9-12,21H,4-8,13-15H2,1-3H3,(H,22,25)(H,23,24). The molecule has 0 heterocycles. The van der Waals surface area contributed by atoms with Crippen molar-refractivity contribution < 1.29 is 24.2 Å².